The molecule has 0 bridgehead atoms. The summed E-state index contributed by atoms with van der Waals surface area (Å²) in [6.45, 7) is 1.57. The zero-order valence-electron chi connectivity index (χ0n) is 13.0. The van der Waals surface area contributed by atoms with Gasteiger partial charge in [0.2, 0.25) is 0 Å². The van der Waals surface area contributed by atoms with Crippen LogP contribution in [0, 0.1) is 0 Å². The van der Waals surface area contributed by atoms with Crippen molar-refractivity contribution in [1.82, 2.24) is 15.3 Å². The molecule has 0 saturated carbocycles. The summed E-state index contributed by atoms with van der Waals surface area (Å²) >= 11 is 0. The quantitative estimate of drug-likeness (QED) is 0.774. The van der Waals surface area contributed by atoms with E-state index in [9.17, 15) is 4.39 Å². The van der Waals surface area contributed by atoms with E-state index >= 15 is 0 Å². The number of fused-ring (bicyclic) bond motifs is 3. The molecule has 118 valence electrons. The highest BCUT2D eigenvalue weighted by atomic mass is 19.1. The van der Waals surface area contributed by atoms with E-state index in [1.807, 2.05) is 12.1 Å². The van der Waals surface area contributed by atoms with Gasteiger partial charge < -0.3 is 10.3 Å². The van der Waals surface area contributed by atoms with E-state index in [0.717, 1.165) is 25.1 Å². The van der Waals surface area contributed by atoms with E-state index in [1.165, 1.54) is 27.7 Å². The number of benzene rings is 1. The molecule has 1 aliphatic heterocycles. The molecule has 1 aliphatic rings. The van der Waals surface area contributed by atoms with Crippen LogP contribution in [0.15, 0.2) is 42.7 Å². The second kappa shape index (κ2) is 6.13. The smallest absolute Gasteiger partial charge is 0.0966 e. The fraction of sp³-hybridized carbons (Fsp3) is 0.316. The van der Waals surface area contributed by atoms with Gasteiger partial charge in [0.25, 0.3) is 0 Å². The van der Waals surface area contributed by atoms with Crippen LogP contribution in [-0.4, -0.2) is 23.2 Å². The number of pyridine rings is 1. The molecule has 0 aliphatic carbocycles. The molecule has 3 nitrogen and oxygen atoms in total. The molecule has 4 heteroatoms. The maximum Gasteiger partial charge on any atom is 0.0966 e. The summed E-state index contributed by atoms with van der Waals surface area (Å²) in [4.78, 5) is 7.63. The Labute approximate surface area is 134 Å². The van der Waals surface area contributed by atoms with Gasteiger partial charge in [0, 0.05) is 54.4 Å². The number of nitrogens with zero attached hydrogens (tertiary/aromatic N) is 1. The van der Waals surface area contributed by atoms with E-state index in [0.29, 0.717) is 6.42 Å². The van der Waals surface area contributed by atoms with Crippen molar-refractivity contribution in [2.24, 2.45) is 0 Å². The summed E-state index contributed by atoms with van der Waals surface area (Å²) in [6, 6.07) is 10.3. The van der Waals surface area contributed by atoms with Crippen molar-refractivity contribution in [3.63, 3.8) is 0 Å². The highest BCUT2D eigenvalue weighted by Gasteiger charge is 2.17. The fourth-order valence-electron chi connectivity index (χ4n) is 3.48. The van der Waals surface area contributed by atoms with Crippen LogP contribution in [0.2, 0.25) is 0 Å². The first-order valence-electron chi connectivity index (χ1n) is 8.14. The van der Waals surface area contributed by atoms with Gasteiger partial charge in [-0.1, -0.05) is 12.1 Å². The third-order valence-corrected chi connectivity index (χ3v) is 4.74. The van der Waals surface area contributed by atoms with Crippen molar-refractivity contribution in [2.45, 2.75) is 25.3 Å². The standard InChI is InChI=1S/C19H20FN3/c20-10-15(14-2-1-6-21-11-14)8-13-3-4-18-16(9-13)17-12-22-7-5-19(17)23-18/h1-4,6,9,11,15,22-23H,5,7-8,10,12H2. The van der Waals surface area contributed by atoms with Gasteiger partial charge in [-0.25, -0.2) is 0 Å². The summed E-state index contributed by atoms with van der Waals surface area (Å²) < 4.78 is 13.5. The van der Waals surface area contributed by atoms with Gasteiger partial charge in [0.15, 0.2) is 0 Å². The van der Waals surface area contributed by atoms with E-state index < -0.39 is 0 Å². The molecule has 2 aromatic heterocycles. The molecule has 1 unspecified atom stereocenters. The second-order valence-electron chi connectivity index (χ2n) is 6.23. The molecular weight excluding hydrogens is 289 g/mol. The van der Waals surface area contributed by atoms with Crippen LogP contribution in [0.4, 0.5) is 4.39 Å². The van der Waals surface area contributed by atoms with Crippen LogP contribution in [0.5, 0.6) is 0 Å². The monoisotopic (exact) mass is 309 g/mol. The van der Waals surface area contributed by atoms with Gasteiger partial charge in [-0.15, -0.1) is 0 Å². The van der Waals surface area contributed by atoms with E-state index in [-0.39, 0.29) is 12.6 Å². The van der Waals surface area contributed by atoms with Crippen molar-refractivity contribution in [3.8, 4) is 0 Å². The summed E-state index contributed by atoms with van der Waals surface area (Å²) in [5.41, 5.74) is 6.03. The van der Waals surface area contributed by atoms with Gasteiger partial charge in [-0.3, -0.25) is 9.37 Å². The molecular formula is C19H20FN3. The predicted molar refractivity (Wildman–Crippen MR) is 90.4 cm³/mol. The molecule has 0 fully saturated rings. The fourth-order valence-corrected chi connectivity index (χ4v) is 3.48. The minimum atomic E-state index is -0.365. The number of hydrogen-bond acceptors (Lipinski definition) is 2. The minimum Gasteiger partial charge on any atom is -0.358 e. The Hall–Kier alpha value is -2.20. The Morgan fingerprint density at radius 1 is 1.26 bits per heavy atom. The summed E-state index contributed by atoms with van der Waals surface area (Å²) in [5.74, 6) is -0.131. The topological polar surface area (TPSA) is 40.7 Å². The first-order valence-corrected chi connectivity index (χ1v) is 8.14. The maximum absolute atomic E-state index is 13.5. The van der Waals surface area contributed by atoms with Crippen molar-refractivity contribution in [2.75, 3.05) is 13.2 Å². The molecule has 3 heterocycles. The molecule has 0 saturated heterocycles. The third kappa shape index (κ3) is 2.75. The van der Waals surface area contributed by atoms with Crippen molar-refractivity contribution < 1.29 is 4.39 Å². The number of alkyl halides is 1. The Balaban J connectivity index is 1.66. The van der Waals surface area contributed by atoms with Gasteiger partial charge in [0.05, 0.1) is 6.67 Å². The maximum atomic E-state index is 13.5. The number of H-pyrrole nitrogens is 1. The lowest BCUT2D eigenvalue weighted by molar-refractivity contribution is 0.428. The van der Waals surface area contributed by atoms with Crippen LogP contribution in [-0.2, 0) is 19.4 Å². The zero-order valence-corrected chi connectivity index (χ0v) is 13.0. The average molecular weight is 309 g/mol. The molecule has 3 aromatic rings. The number of hydrogen-bond donors (Lipinski definition) is 2. The van der Waals surface area contributed by atoms with Crippen LogP contribution >= 0.6 is 0 Å². The molecule has 4 rings (SSSR count). The summed E-state index contributed by atoms with van der Waals surface area (Å²) in [5, 5.41) is 4.70. The Morgan fingerprint density at radius 3 is 3.04 bits per heavy atom. The number of halogens is 1. The largest absolute Gasteiger partial charge is 0.358 e. The second-order valence-corrected chi connectivity index (χ2v) is 6.23. The number of rotatable bonds is 4. The summed E-state index contributed by atoms with van der Waals surface area (Å²) in [7, 11) is 0. The molecule has 1 atom stereocenters. The Bertz CT molecular complexity index is 810. The normalized spacial score (nSPS) is 15.5. The third-order valence-electron chi connectivity index (χ3n) is 4.74. The van der Waals surface area contributed by atoms with E-state index in [2.05, 4.69) is 33.5 Å². The van der Waals surface area contributed by atoms with E-state index in [4.69, 9.17) is 0 Å². The highest BCUT2D eigenvalue weighted by Crippen LogP contribution is 2.28. The van der Waals surface area contributed by atoms with Crippen LogP contribution in [0.1, 0.15) is 28.3 Å². The van der Waals surface area contributed by atoms with Gasteiger partial charge in [-0.05, 0) is 41.3 Å². The lowest BCUT2D eigenvalue weighted by Gasteiger charge is -2.14. The molecule has 0 radical (unpaired) electrons. The Kier molecular flexibility index (Phi) is 3.83. The van der Waals surface area contributed by atoms with Gasteiger partial charge >= 0.3 is 0 Å². The number of aromatic amines is 1. The lowest BCUT2D eigenvalue weighted by atomic mass is 9.93. The van der Waals surface area contributed by atoms with Crippen LogP contribution in [0.25, 0.3) is 10.9 Å². The zero-order chi connectivity index (χ0) is 15.6. The lowest BCUT2D eigenvalue weighted by Crippen LogP contribution is -2.22. The Morgan fingerprint density at radius 2 is 2.22 bits per heavy atom. The molecule has 0 spiro atoms. The van der Waals surface area contributed by atoms with Crippen molar-refractivity contribution in [1.29, 1.82) is 0 Å². The van der Waals surface area contributed by atoms with Crippen molar-refractivity contribution in [3.05, 3.63) is 65.1 Å². The van der Waals surface area contributed by atoms with Crippen LogP contribution in [0.3, 0.4) is 0 Å². The first-order chi connectivity index (χ1) is 11.3. The predicted octanol–water partition coefficient (Wildman–Crippen LogP) is 3.50. The van der Waals surface area contributed by atoms with Crippen molar-refractivity contribution >= 4 is 10.9 Å². The molecule has 0 amide bonds. The van der Waals surface area contributed by atoms with E-state index in [1.54, 1.807) is 12.4 Å². The average Bonchev–Trinajstić information content (AvgIpc) is 2.98. The number of nitrogens with one attached hydrogen (secondary N) is 2. The first kappa shape index (κ1) is 14.4. The number of aromatic nitrogens is 2. The van der Waals surface area contributed by atoms with Gasteiger partial charge in [0.1, 0.15) is 0 Å². The molecule has 2 N–H and O–H groups in total. The highest BCUT2D eigenvalue weighted by molar-refractivity contribution is 5.85. The minimum absolute atomic E-state index is 0.131. The SMILES string of the molecule is FCC(Cc1ccc2[nH]c3c(c2c1)CNCC3)c1cccnc1. The summed E-state index contributed by atoms with van der Waals surface area (Å²) in [6.07, 6.45) is 5.24. The van der Waals surface area contributed by atoms with Crippen LogP contribution < -0.4 is 5.32 Å². The molecule has 1 aromatic carbocycles. The van der Waals surface area contributed by atoms with Gasteiger partial charge in [-0.2, -0.15) is 0 Å². The molecule has 23 heavy (non-hydrogen) atoms.